The minimum absolute atomic E-state index is 0.164. The summed E-state index contributed by atoms with van der Waals surface area (Å²) in [5.41, 5.74) is 0.779. The first-order chi connectivity index (χ1) is 9.05. The average molecular weight is 279 g/mol. The van der Waals surface area contributed by atoms with Crippen LogP contribution < -0.4 is 0 Å². The molecule has 1 aromatic rings. The van der Waals surface area contributed by atoms with E-state index in [4.69, 9.17) is 0 Å². The number of thiophene rings is 1. The number of likely N-dealkylation sites (tertiary alicyclic amines) is 1. The van der Waals surface area contributed by atoms with E-state index in [0.717, 1.165) is 37.1 Å². The van der Waals surface area contributed by atoms with Gasteiger partial charge in [0.25, 0.3) is 5.91 Å². The van der Waals surface area contributed by atoms with Gasteiger partial charge in [-0.3, -0.25) is 4.79 Å². The van der Waals surface area contributed by atoms with E-state index >= 15 is 0 Å². The van der Waals surface area contributed by atoms with Crippen LogP contribution in [0.3, 0.4) is 0 Å². The zero-order valence-corrected chi connectivity index (χ0v) is 12.3. The number of amides is 1. The highest BCUT2D eigenvalue weighted by Gasteiger charge is 2.28. The number of nitrogens with zero attached hydrogens (tertiary/aromatic N) is 1. The summed E-state index contributed by atoms with van der Waals surface area (Å²) >= 11 is 1.68. The highest BCUT2D eigenvalue weighted by molar-refractivity contribution is 7.14. The fourth-order valence-electron chi connectivity index (χ4n) is 3.06. The third-order valence-corrected chi connectivity index (χ3v) is 5.53. The molecule has 1 aliphatic carbocycles. The van der Waals surface area contributed by atoms with E-state index in [1.807, 2.05) is 11.8 Å². The largest absolute Gasteiger partial charge is 0.390 e. The van der Waals surface area contributed by atoms with Crippen LogP contribution in [0.25, 0.3) is 0 Å². The first-order valence-corrected chi connectivity index (χ1v) is 8.00. The second-order valence-electron chi connectivity index (χ2n) is 6.06. The zero-order chi connectivity index (χ0) is 13.5. The van der Waals surface area contributed by atoms with Gasteiger partial charge in [0.15, 0.2) is 0 Å². The van der Waals surface area contributed by atoms with Crippen LogP contribution in [-0.4, -0.2) is 34.6 Å². The Morgan fingerprint density at radius 3 is 2.95 bits per heavy atom. The summed E-state index contributed by atoms with van der Waals surface area (Å²) in [7, 11) is 0. The van der Waals surface area contributed by atoms with Gasteiger partial charge >= 0.3 is 0 Å². The second-order valence-corrected chi connectivity index (χ2v) is 7.19. The Kier molecular flexibility index (Phi) is 3.39. The molecule has 2 heterocycles. The standard InChI is InChI=1S/C15H21NO2S/c1-15(18)6-3-8-16(9-7-15)14(17)13-10-11-4-2-5-12(11)19-13/h10,18H,2-9H2,1H3. The van der Waals surface area contributed by atoms with Crippen molar-refractivity contribution in [3.8, 4) is 0 Å². The number of rotatable bonds is 1. The van der Waals surface area contributed by atoms with Crippen LogP contribution in [0.15, 0.2) is 6.07 Å². The molecule has 3 rings (SSSR count). The van der Waals surface area contributed by atoms with Crippen LogP contribution in [0.1, 0.15) is 52.7 Å². The van der Waals surface area contributed by atoms with Gasteiger partial charge in [-0.25, -0.2) is 0 Å². The quantitative estimate of drug-likeness (QED) is 0.858. The predicted octanol–water partition coefficient (Wildman–Crippen LogP) is 2.61. The highest BCUT2D eigenvalue weighted by atomic mass is 32.1. The summed E-state index contributed by atoms with van der Waals surface area (Å²) in [5, 5.41) is 10.1. The maximum atomic E-state index is 12.5. The lowest BCUT2D eigenvalue weighted by molar-refractivity contribution is 0.0438. The Morgan fingerprint density at radius 1 is 1.32 bits per heavy atom. The van der Waals surface area contributed by atoms with Crippen molar-refractivity contribution in [2.24, 2.45) is 0 Å². The van der Waals surface area contributed by atoms with Gasteiger partial charge in [-0.2, -0.15) is 0 Å². The molecule has 3 nitrogen and oxygen atoms in total. The zero-order valence-electron chi connectivity index (χ0n) is 11.4. The summed E-state index contributed by atoms with van der Waals surface area (Å²) in [5.74, 6) is 0.164. The molecule has 0 aromatic carbocycles. The fraction of sp³-hybridized carbons (Fsp3) is 0.667. The minimum atomic E-state index is -0.605. The Bertz CT molecular complexity index is 471. The number of carbonyl (C=O) groups excluding carboxylic acids is 1. The van der Waals surface area contributed by atoms with Crippen LogP contribution in [-0.2, 0) is 12.8 Å². The topological polar surface area (TPSA) is 40.5 Å². The molecular weight excluding hydrogens is 258 g/mol. The van der Waals surface area contributed by atoms with Crippen molar-refractivity contribution in [2.45, 2.75) is 51.0 Å². The van der Waals surface area contributed by atoms with Gasteiger partial charge in [0.1, 0.15) is 0 Å². The molecule has 1 aliphatic heterocycles. The number of aryl methyl sites for hydroxylation is 2. The molecular formula is C15H21NO2S. The maximum Gasteiger partial charge on any atom is 0.263 e. The van der Waals surface area contributed by atoms with Crippen LogP contribution in [0, 0.1) is 0 Å². The lowest BCUT2D eigenvalue weighted by Gasteiger charge is -2.22. The van der Waals surface area contributed by atoms with Crippen LogP contribution >= 0.6 is 11.3 Å². The van der Waals surface area contributed by atoms with Gasteiger partial charge in [-0.1, -0.05) is 0 Å². The third kappa shape index (κ3) is 2.70. The second kappa shape index (κ2) is 4.91. The first-order valence-electron chi connectivity index (χ1n) is 7.18. The summed E-state index contributed by atoms with van der Waals surface area (Å²) in [6, 6.07) is 2.10. The number of fused-ring (bicyclic) bond motifs is 1. The van der Waals surface area contributed by atoms with Crippen LogP contribution in [0.4, 0.5) is 0 Å². The van der Waals surface area contributed by atoms with Gasteiger partial charge in [0.05, 0.1) is 10.5 Å². The van der Waals surface area contributed by atoms with Crippen molar-refractivity contribution in [3.05, 3.63) is 21.4 Å². The summed E-state index contributed by atoms with van der Waals surface area (Å²) in [6.45, 7) is 3.33. The third-order valence-electron chi connectivity index (χ3n) is 4.31. The summed E-state index contributed by atoms with van der Waals surface area (Å²) < 4.78 is 0. The molecule has 1 saturated heterocycles. The Labute approximate surface area is 118 Å². The van der Waals surface area contributed by atoms with E-state index in [-0.39, 0.29) is 5.91 Å². The molecule has 2 aliphatic rings. The van der Waals surface area contributed by atoms with Crippen LogP contribution in [0.2, 0.25) is 0 Å². The summed E-state index contributed by atoms with van der Waals surface area (Å²) in [4.78, 5) is 16.7. The average Bonchev–Trinajstić information content (AvgIpc) is 2.88. The smallest absolute Gasteiger partial charge is 0.263 e. The lowest BCUT2D eigenvalue weighted by atomic mass is 9.98. The van der Waals surface area contributed by atoms with Crippen molar-refractivity contribution in [1.29, 1.82) is 0 Å². The molecule has 0 radical (unpaired) electrons. The van der Waals surface area contributed by atoms with Gasteiger partial charge in [0.2, 0.25) is 0 Å². The molecule has 0 spiro atoms. The molecule has 1 amide bonds. The van der Waals surface area contributed by atoms with Crippen molar-refractivity contribution < 1.29 is 9.90 Å². The van der Waals surface area contributed by atoms with Gasteiger partial charge in [-0.05, 0) is 57.1 Å². The molecule has 4 heteroatoms. The van der Waals surface area contributed by atoms with E-state index in [0.29, 0.717) is 13.0 Å². The van der Waals surface area contributed by atoms with Crippen molar-refractivity contribution in [1.82, 2.24) is 4.90 Å². The fourth-order valence-corrected chi connectivity index (χ4v) is 4.28. The number of aliphatic hydroxyl groups is 1. The molecule has 104 valence electrons. The van der Waals surface area contributed by atoms with E-state index in [1.165, 1.54) is 16.9 Å². The highest BCUT2D eigenvalue weighted by Crippen LogP contribution is 2.32. The normalized spacial score (nSPS) is 27.2. The number of hydrogen-bond donors (Lipinski definition) is 1. The molecule has 1 atom stereocenters. The van der Waals surface area contributed by atoms with Crippen molar-refractivity contribution in [3.63, 3.8) is 0 Å². The minimum Gasteiger partial charge on any atom is -0.390 e. The Balaban J connectivity index is 1.72. The predicted molar refractivity (Wildman–Crippen MR) is 76.7 cm³/mol. The monoisotopic (exact) mass is 279 g/mol. The molecule has 1 unspecified atom stereocenters. The molecule has 1 fully saturated rings. The van der Waals surface area contributed by atoms with Crippen LogP contribution in [0.5, 0.6) is 0 Å². The first kappa shape index (κ1) is 13.1. The number of carbonyl (C=O) groups is 1. The van der Waals surface area contributed by atoms with E-state index in [9.17, 15) is 9.90 Å². The van der Waals surface area contributed by atoms with E-state index < -0.39 is 5.60 Å². The lowest BCUT2D eigenvalue weighted by Crippen LogP contribution is -2.33. The Hall–Kier alpha value is -0.870. The van der Waals surface area contributed by atoms with Crippen molar-refractivity contribution in [2.75, 3.05) is 13.1 Å². The van der Waals surface area contributed by atoms with E-state index in [1.54, 1.807) is 11.3 Å². The van der Waals surface area contributed by atoms with E-state index in [2.05, 4.69) is 6.07 Å². The van der Waals surface area contributed by atoms with Gasteiger partial charge < -0.3 is 10.0 Å². The SMILES string of the molecule is CC1(O)CCCN(C(=O)c2cc3c(s2)CCC3)CC1. The molecule has 0 bridgehead atoms. The van der Waals surface area contributed by atoms with Crippen molar-refractivity contribution >= 4 is 17.2 Å². The maximum absolute atomic E-state index is 12.5. The van der Waals surface area contributed by atoms with Gasteiger partial charge in [-0.15, -0.1) is 11.3 Å². The Morgan fingerprint density at radius 2 is 2.16 bits per heavy atom. The molecule has 19 heavy (non-hydrogen) atoms. The number of hydrogen-bond acceptors (Lipinski definition) is 3. The molecule has 0 saturated carbocycles. The molecule has 1 N–H and O–H groups in total. The van der Waals surface area contributed by atoms with Gasteiger partial charge in [0, 0.05) is 18.0 Å². The molecule has 1 aromatic heterocycles. The summed E-state index contributed by atoms with van der Waals surface area (Å²) in [6.07, 6.45) is 5.88.